The fourth-order valence-electron chi connectivity index (χ4n) is 4.97. The summed E-state index contributed by atoms with van der Waals surface area (Å²) in [6.07, 6.45) is 2.58. The third kappa shape index (κ3) is 5.50. The lowest BCUT2D eigenvalue weighted by Gasteiger charge is -2.23. The lowest BCUT2D eigenvalue weighted by Crippen LogP contribution is -2.27. The average Bonchev–Trinajstić information content (AvgIpc) is 3.34. The van der Waals surface area contributed by atoms with Gasteiger partial charge in [0.25, 0.3) is 0 Å². The second-order valence-corrected chi connectivity index (χ2v) is 11.9. The van der Waals surface area contributed by atoms with Crippen molar-refractivity contribution in [2.75, 3.05) is 14.1 Å². The molecule has 218 valence electrons. The van der Waals surface area contributed by atoms with Gasteiger partial charge in [-0.25, -0.2) is 4.39 Å². The maximum absolute atomic E-state index is 13.6. The topological polar surface area (TPSA) is 93.9 Å². The number of fused-ring (bicyclic) bond motifs is 2. The standard InChI is InChI=1S/C33H28FN3O5S/c1-36(2)43(39,40)42-31-26-14-9-19-35-29(26)32(41-30(23-10-5-3-6-11-23)24-12-7-4-8-13-24)28-27(31)21-37(33(28)38)20-22-15-17-25(34)18-16-22/h3-19,21,30,38H,20H2,1-2H3. The third-order valence-electron chi connectivity index (χ3n) is 7.13. The Bertz CT molecular complexity index is 1970. The predicted octanol–water partition coefficient (Wildman–Crippen LogP) is 6.44. The maximum Gasteiger partial charge on any atom is 0.384 e. The second-order valence-electron chi connectivity index (χ2n) is 10.2. The first-order chi connectivity index (χ1) is 20.7. The Morgan fingerprint density at radius 2 is 1.49 bits per heavy atom. The van der Waals surface area contributed by atoms with Gasteiger partial charge in [0.05, 0.1) is 17.3 Å². The minimum atomic E-state index is -4.19. The van der Waals surface area contributed by atoms with Crippen LogP contribution in [0, 0.1) is 5.82 Å². The van der Waals surface area contributed by atoms with Crippen molar-refractivity contribution in [3.8, 4) is 17.4 Å². The van der Waals surface area contributed by atoms with E-state index in [9.17, 15) is 17.9 Å². The van der Waals surface area contributed by atoms with Gasteiger partial charge in [-0.1, -0.05) is 72.8 Å². The van der Waals surface area contributed by atoms with Gasteiger partial charge in [0.15, 0.2) is 11.5 Å². The summed E-state index contributed by atoms with van der Waals surface area (Å²) in [6, 6.07) is 28.6. The first-order valence-corrected chi connectivity index (χ1v) is 14.8. The molecule has 0 amide bonds. The van der Waals surface area contributed by atoms with Crippen LogP contribution in [0.15, 0.2) is 109 Å². The summed E-state index contributed by atoms with van der Waals surface area (Å²) < 4.78 is 54.6. The van der Waals surface area contributed by atoms with Gasteiger partial charge in [0, 0.05) is 31.9 Å². The number of nitrogens with zero attached hydrogens (tertiary/aromatic N) is 3. The molecule has 0 saturated heterocycles. The van der Waals surface area contributed by atoms with Gasteiger partial charge in [0.2, 0.25) is 5.88 Å². The second kappa shape index (κ2) is 11.4. The molecule has 0 bridgehead atoms. The highest BCUT2D eigenvalue weighted by atomic mass is 32.2. The predicted molar refractivity (Wildman–Crippen MR) is 163 cm³/mol. The minimum absolute atomic E-state index is 0.00304. The molecule has 10 heteroatoms. The SMILES string of the molecule is CN(C)S(=O)(=O)Oc1c2cccnc2c(OC(c2ccccc2)c2ccccc2)c2c(O)n(Cc3ccc(F)cc3)cc12. The van der Waals surface area contributed by atoms with Crippen LogP contribution in [0.4, 0.5) is 4.39 Å². The first-order valence-electron chi connectivity index (χ1n) is 13.5. The van der Waals surface area contributed by atoms with Crippen molar-refractivity contribution in [2.24, 2.45) is 0 Å². The maximum atomic E-state index is 13.6. The van der Waals surface area contributed by atoms with Crippen molar-refractivity contribution in [3.63, 3.8) is 0 Å². The Hall–Kier alpha value is -4.93. The Labute approximate surface area is 248 Å². The minimum Gasteiger partial charge on any atom is -0.494 e. The van der Waals surface area contributed by atoms with Crippen LogP contribution in [0.2, 0.25) is 0 Å². The number of aromatic hydroxyl groups is 1. The molecule has 0 saturated carbocycles. The van der Waals surface area contributed by atoms with Gasteiger partial charge in [-0.3, -0.25) is 4.98 Å². The van der Waals surface area contributed by atoms with E-state index in [4.69, 9.17) is 8.92 Å². The number of benzene rings is 4. The smallest absolute Gasteiger partial charge is 0.384 e. The van der Waals surface area contributed by atoms with Crippen molar-refractivity contribution >= 4 is 32.0 Å². The number of halogens is 1. The quantitative estimate of drug-likeness (QED) is 0.206. The van der Waals surface area contributed by atoms with Crippen molar-refractivity contribution in [1.29, 1.82) is 0 Å². The summed E-state index contributed by atoms with van der Waals surface area (Å²) in [4.78, 5) is 4.58. The highest BCUT2D eigenvalue weighted by Gasteiger charge is 2.29. The molecule has 43 heavy (non-hydrogen) atoms. The zero-order chi connectivity index (χ0) is 30.1. The number of hydrogen-bond donors (Lipinski definition) is 1. The molecule has 0 atom stereocenters. The Kier molecular flexibility index (Phi) is 7.47. The molecule has 0 unspecified atom stereocenters. The van der Waals surface area contributed by atoms with E-state index >= 15 is 0 Å². The Balaban J connectivity index is 1.62. The molecule has 0 aliphatic carbocycles. The van der Waals surface area contributed by atoms with E-state index in [-0.39, 0.29) is 35.1 Å². The fourth-order valence-corrected chi connectivity index (χ4v) is 5.51. The monoisotopic (exact) mass is 597 g/mol. The fraction of sp³-hybridized carbons (Fsp3) is 0.121. The van der Waals surface area contributed by atoms with E-state index in [1.165, 1.54) is 26.2 Å². The van der Waals surface area contributed by atoms with Crippen LogP contribution in [-0.4, -0.2) is 41.5 Å². The Morgan fingerprint density at radius 1 is 0.860 bits per heavy atom. The molecule has 0 fully saturated rings. The van der Waals surface area contributed by atoms with Gasteiger partial charge in [-0.15, -0.1) is 0 Å². The van der Waals surface area contributed by atoms with Crippen LogP contribution in [-0.2, 0) is 16.8 Å². The van der Waals surface area contributed by atoms with E-state index in [0.717, 1.165) is 21.0 Å². The molecule has 0 radical (unpaired) electrons. The van der Waals surface area contributed by atoms with Crippen molar-refractivity contribution in [3.05, 3.63) is 132 Å². The summed E-state index contributed by atoms with van der Waals surface area (Å²) in [5.41, 5.74) is 2.76. The summed E-state index contributed by atoms with van der Waals surface area (Å²) in [7, 11) is -1.46. The van der Waals surface area contributed by atoms with Crippen LogP contribution in [0.1, 0.15) is 22.8 Å². The molecular formula is C33H28FN3O5S. The normalized spacial score (nSPS) is 11.9. The molecule has 0 aliphatic rings. The number of rotatable bonds is 9. The molecule has 4 aromatic carbocycles. The molecule has 0 aliphatic heterocycles. The summed E-state index contributed by atoms with van der Waals surface area (Å²) in [5.74, 6) is -0.304. The molecular weight excluding hydrogens is 569 g/mol. The van der Waals surface area contributed by atoms with Crippen molar-refractivity contribution in [2.45, 2.75) is 12.6 Å². The molecule has 2 aromatic heterocycles. The Morgan fingerprint density at radius 3 is 2.09 bits per heavy atom. The molecule has 0 spiro atoms. The van der Waals surface area contributed by atoms with Crippen molar-refractivity contribution in [1.82, 2.24) is 13.9 Å². The van der Waals surface area contributed by atoms with E-state index in [2.05, 4.69) is 4.98 Å². The lowest BCUT2D eigenvalue weighted by molar-refractivity contribution is 0.252. The number of aromatic nitrogens is 2. The summed E-state index contributed by atoms with van der Waals surface area (Å²) in [6.45, 7) is 0.171. The van der Waals surface area contributed by atoms with Gasteiger partial charge in [-0.2, -0.15) is 12.7 Å². The van der Waals surface area contributed by atoms with Crippen LogP contribution in [0.5, 0.6) is 17.4 Å². The van der Waals surface area contributed by atoms with E-state index in [1.54, 1.807) is 41.2 Å². The summed E-state index contributed by atoms with van der Waals surface area (Å²) >= 11 is 0. The van der Waals surface area contributed by atoms with Gasteiger partial charge in [-0.05, 0) is 41.0 Å². The van der Waals surface area contributed by atoms with Crippen LogP contribution in [0.25, 0.3) is 21.7 Å². The van der Waals surface area contributed by atoms with Gasteiger partial charge in [0.1, 0.15) is 17.4 Å². The van der Waals surface area contributed by atoms with Crippen LogP contribution < -0.4 is 8.92 Å². The van der Waals surface area contributed by atoms with Crippen molar-refractivity contribution < 1.29 is 26.8 Å². The molecule has 1 N–H and O–H groups in total. The highest BCUT2D eigenvalue weighted by Crippen LogP contribution is 2.48. The van der Waals surface area contributed by atoms with E-state index in [1.807, 2.05) is 60.7 Å². The van der Waals surface area contributed by atoms with E-state index < -0.39 is 16.4 Å². The molecule has 6 rings (SSSR count). The average molecular weight is 598 g/mol. The highest BCUT2D eigenvalue weighted by molar-refractivity contribution is 7.84. The van der Waals surface area contributed by atoms with Crippen LogP contribution >= 0.6 is 0 Å². The summed E-state index contributed by atoms with van der Waals surface area (Å²) in [5, 5.41) is 12.6. The van der Waals surface area contributed by atoms with Crippen LogP contribution in [0.3, 0.4) is 0 Å². The first kappa shape index (κ1) is 28.2. The number of ether oxygens (including phenoxy) is 1. The number of hydrogen-bond acceptors (Lipinski definition) is 6. The molecule has 8 nitrogen and oxygen atoms in total. The number of pyridine rings is 1. The van der Waals surface area contributed by atoms with Gasteiger partial charge >= 0.3 is 10.3 Å². The van der Waals surface area contributed by atoms with E-state index in [0.29, 0.717) is 16.3 Å². The lowest BCUT2D eigenvalue weighted by atomic mass is 10.0. The third-order valence-corrected chi connectivity index (χ3v) is 8.40. The zero-order valence-electron chi connectivity index (χ0n) is 23.4. The zero-order valence-corrected chi connectivity index (χ0v) is 24.2. The molecule has 6 aromatic rings. The van der Waals surface area contributed by atoms with Gasteiger partial charge < -0.3 is 18.6 Å². The molecule has 2 heterocycles. The largest absolute Gasteiger partial charge is 0.494 e.